The first-order valence-electron chi connectivity index (χ1n) is 8.93. The molecule has 26 heavy (non-hydrogen) atoms. The molecule has 144 valence electrons. The van der Waals surface area contributed by atoms with Crippen LogP contribution in [0.25, 0.3) is 0 Å². The van der Waals surface area contributed by atoms with Gasteiger partial charge in [0.25, 0.3) is 0 Å². The Morgan fingerprint density at radius 3 is 2.27 bits per heavy atom. The molecule has 0 saturated carbocycles. The van der Waals surface area contributed by atoms with E-state index in [-0.39, 0.29) is 17.6 Å². The molecule has 0 heterocycles. The quantitative estimate of drug-likeness (QED) is 0.439. The van der Waals surface area contributed by atoms with Crippen LogP contribution in [0.3, 0.4) is 0 Å². The highest BCUT2D eigenvalue weighted by atomic mass is 16.2. The second-order valence-electron chi connectivity index (χ2n) is 6.58. The number of urea groups is 1. The molecule has 5 N–H and O–H groups in total. The summed E-state index contributed by atoms with van der Waals surface area (Å²) in [5.41, 5.74) is 6.08. The van der Waals surface area contributed by atoms with Crippen LogP contribution in [0.4, 0.5) is 4.79 Å². The van der Waals surface area contributed by atoms with Crippen molar-refractivity contribution in [2.75, 3.05) is 13.6 Å². The van der Waals surface area contributed by atoms with E-state index in [2.05, 4.69) is 16.0 Å². The Morgan fingerprint density at radius 2 is 1.73 bits per heavy atom. The fraction of sp³-hybridized carbons (Fsp3) is 0.526. The van der Waals surface area contributed by atoms with Gasteiger partial charge in [-0.05, 0) is 31.9 Å². The van der Waals surface area contributed by atoms with Gasteiger partial charge < -0.3 is 21.7 Å². The number of nitrogens with two attached hydrogens (primary N) is 1. The Bertz CT molecular complexity index is 590. The number of amides is 3. The van der Waals surface area contributed by atoms with Gasteiger partial charge >= 0.3 is 6.03 Å². The zero-order valence-corrected chi connectivity index (χ0v) is 15.7. The topological polar surface area (TPSA) is 113 Å². The van der Waals surface area contributed by atoms with Crippen molar-refractivity contribution in [1.29, 1.82) is 0 Å². The van der Waals surface area contributed by atoms with Crippen molar-refractivity contribution >= 4 is 17.7 Å². The van der Waals surface area contributed by atoms with E-state index in [0.717, 1.165) is 5.56 Å². The molecule has 2 atom stereocenters. The number of ketones is 1. The first-order chi connectivity index (χ1) is 12.3. The van der Waals surface area contributed by atoms with E-state index < -0.39 is 18.1 Å². The fourth-order valence-corrected chi connectivity index (χ4v) is 2.65. The summed E-state index contributed by atoms with van der Waals surface area (Å²) in [7, 11) is 1.73. The molecule has 0 radical (unpaired) electrons. The van der Waals surface area contributed by atoms with Crippen LogP contribution in [0.2, 0.25) is 0 Å². The molecular formula is C19H30N4O3. The monoisotopic (exact) mass is 362 g/mol. The standard InChI is InChI=1S/C19H30N4O3/c1-13(2)17(24)15(10-7-11-22-19(20)26)23-18(25)16(21-3)12-14-8-5-4-6-9-14/h4-6,8-9,13,15-16,21H,7,10-12H2,1-3H3,(H,23,25)(H3,20,22,26)/t15-,16-/m0/s1. The molecule has 0 aromatic heterocycles. The van der Waals surface area contributed by atoms with Crippen molar-refractivity contribution in [3.05, 3.63) is 35.9 Å². The van der Waals surface area contributed by atoms with Crippen molar-refractivity contribution in [2.45, 2.75) is 45.2 Å². The van der Waals surface area contributed by atoms with Crippen molar-refractivity contribution < 1.29 is 14.4 Å². The van der Waals surface area contributed by atoms with Crippen LogP contribution in [-0.2, 0) is 16.0 Å². The lowest BCUT2D eigenvalue weighted by Crippen LogP contribution is -2.51. The summed E-state index contributed by atoms with van der Waals surface area (Å²) in [4.78, 5) is 35.8. The summed E-state index contributed by atoms with van der Waals surface area (Å²) in [6.45, 7) is 3.98. The number of carbonyl (C=O) groups is 3. The number of primary amides is 1. The Hall–Kier alpha value is -2.41. The van der Waals surface area contributed by atoms with Crippen LogP contribution >= 0.6 is 0 Å². The van der Waals surface area contributed by atoms with E-state index in [1.165, 1.54) is 0 Å². The number of hydrogen-bond donors (Lipinski definition) is 4. The molecular weight excluding hydrogens is 332 g/mol. The molecule has 1 aromatic rings. The summed E-state index contributed by atoms with van der Waals surface area (Å²) < 4.78 is 0. The molecule has 0 bridgehead atoms. The first-order valence-corrected chi connectivity index (χ1v) is 8.93. The third-order valence-corrected chi connectivity index (χ3v) is 4.15. The highest BCUT2D eigenvalue weighted by molar-refractivity contribution is 5.91. The number of hydrogen-bond acceptors (Lipinski definition) is 4. The summed E-state index contributed by atoms with van der Waals surface area (Å²) in [6.07, 6.45) is 1.54. The van der Waals surface area contributed by atoms with E-state index in [0.29, 0.717) is 25.8 Å². The van der Waals surface area contributed by atoms with Crippen molar-refractivity contribution in [3.8, 4) is 0 Å². The third-order valence-electron chi connectivity index (χ3n) is 4.15. The number of Topliss-reactive ketones (excluding diaryl/α,β-unsaturated/α-hetero) is 1. The van der Waals surface area contributed by atoms with Crippen LogP contribution < -0.4 is 21.7 Å². The van der Waals surface area contributed by atoms with Gasteiger partial charge in [0.15, 0.2) is 5.78 Å². The predicted molar refractivity (Wildman–Crippen MR) is 102 cm³/mol. The number of benzene rings is 1. The zero-order valence-electron chi connectivity index (χ0n) is 15.7. The minimum atomic E-state index is -0.598. The van der Waals surface area contributed by atoms with Gasteiger partial charge in [-0.2, -0.15) is 0 Å². The number of carbonyl (C=O) groups excluding carboxylic acids is 3. The average molecular weight is 362 g/mol. The lowest BCUT2D eigenvalue weighted by molar-refractivity contribution is -0.130. The van der Waals surface area contributed by atoms with Crippen LogP contribution in [0.5, 0.6) is 0 Å². The van der Waals surface area contributed by atoms with Crippen LogP contribution in [0, 0.1) is 5.92 Å². The van der Waals surface area contributed by atoms with Gasteiger partial charge in [0.1, 0.15) is 0 Å². The molecule has 3 amide bonds. The number of rotatable bonds is 11. The molecule has 0 aliphatic carbocycles. The van der Waals surface area contributed by atoms with Crippen LogP contribution in [0.1, 0.15) is 32.3 Å². The van der Waals surface area contributed by atoms with Gasteiger partial charge in [0.2, 0.25) is 5.91 Å². The first kappa shape index (κ1) is 21.6. The average Bonchev–Trinajstić information content (AvgIpc) is 2.61. The highest BCUT2D eigenvalue weighted by Crippen LogP contribution is 2.08. The molecule has 0 aliphatic heterocycles. The summed E-state index contributed by atoms with van der Waals surface area (Å²) in [5, 5.41) is 8.36. The Balaban J connectivity index is 2.68. The Morgan fingerprint density at radius 1 is 1.08 bits per heavy atom. The van der Waals surface area contributed by atoms with Gasteiger partial charge in [0.05, 0.1) is 12.1 Å². The van der Waals surface area contributed by atoms with Gasteiger partial charge in [-0.3, -0.25) is 9.59 Å². The molecule has 0 fully saturated rings. The van der Waals surface area contributed by atoms with Gasteiger partial charge in [-0.15, -0.1) is 0 Å². The maximum atomic E-state index is 12.6. The molecule has 1 rings (SSSR count). The second-order valence-corrected chi connectivity index (χ2v) is 6.58. The number of nitrogens with one attached hydrogen (secondary N) is 3. The van der Waals surface area contributed by atoms with E-state index >= 15 is 0 Å². The third kappa shape index (κ3) is 7.65. The van der Waals surface area contributed by atoms with E-state index in [1.807, 2.05) is 44.2 Å². The second kappa shape index (κ2) is 11.3. The molecule has 0 saturated heterocycles. The van der Waals surface area contributed by atoms with E-state index in [4.69, 9.17) is 5.73 Å². The Labute approximate surface area is 155 Å². The maximum Gasteiger partial charge on any atom is 0.312 e. The van der Waals surface area contributed by atoms with Crippen LogP contribution in [0.15, 0.2) is 30.3 Å². The largest absolute Gasteiger partial charge is 0.352 e. The van der Waals surface area contributed by atoms with Gasteiger partial charge in [-0.25, -0.2) is 4.79 Å². The molecule has 0 unspecified atom stereocenters. The zero-order chi connectivity index (χ0) is 19.5. The SMILES string of the molecule is CN[C@@H](Cc1ccccc1)C(=O)N[C@@H](CCCNC(N)=O)C(=O)C(C)C. The predicted octanol–water partition coefficient (Wildman–Crippen LogP) is 0.976. The van der Waals surface area contributed by atoms with Crippen molar-refractivity contribution in [2.24, 2.45) is 11.7 Å². The minimum absolute atomic E-state index is 0.0213. The highest BCUT2D eigenvalue weighted by Gasteiger charge is 2.26. The lowest BCUT2D eigenvalue weighted by Gasteiger charge is -2.23. The maximum absolute atomic E-state index is 12.6. The van der Waals surface area contributed by atoms with E-state index in [1.54, 1.807) is 7.05 Å². The normalized spacial score (nSPS) is 13.1. The number of likely N-dealkylation sites (N-methyl/N-ethyl adjacent to an activating group) is 1. The molecule has 0 spiro atoms. The van der Waals surface area contributed by atoms with E-state index in [9.17, 15) is 14.4 Å². The summed E-state index contributed by atoms with van der Waals surface area (Å²) >= 11 is 0. The minimum Gasteiger partial charge on any atom is -0.352 e. The Kier molecular flexibility index (Phi) is 9.36. The van der Waals surface area contributed by atoms with Crippen molar-refractivity contribution in [3.63, 3.8) is 0 Å². The van der Waals surface area contributed by atoms with Gasteiger partial charge in [-0.1, -0.05) is 44.2 Å². The van der Waals surface area contributed by atoms with Gasteiger partial charge in [0, 0.05) is 12.5 Å². The summed E-state index contributed by atoms with van der Waals surface area (Å²) in [5.74, 6) is -0.420. The molecule has 1 aromatic carbocycles. The lowest BCUT2D eigenvalue weighted by atomic mass is 9.97. The van der Waals surface area contributed by atoms with Crippen LogP contribution in [-0.4, -0.2) is 43.4 Å². The fourth-order valence-electron chi connectivity index (χ4n) is 2.65. The molecule has 7 heteroatoms. The van der Waals surface area contributed by atoms with Crippen molar-refractivity contribution in [1.82, 2.24) is 16.0 Å². The summed E-state index contributed by atoms with van der Waals surface area (Å²) in [6, 6.07) is 8.10. The smallest absolute Gasteiger partial charge is 0.312 e. The molecule has 0 aliphatic rings. The molecule has 7 nitrogen and oxygen atoms in total.